The van der Waals surface area contributed by atoms with Gasteiger partial charge in [-0.3, -0.25) is 0 Å². The van der Waals surface area contributed by atoms with Gasteiger partial charge in [-0.05, 0) is 23.6 Å². The summed E-state index contributed by atoms with van der Waals surface area (Å²) in [6.45, 7) is 1.03. The van der Waals surface area contributed by atoms with E-state index in [1.54, 1.807) is 0 Å². The van der Waals surface area contributed by atoms with Crippen LogP contribution in [-0.4, -0.2) is 37.9 Å². The van der Waals surface area contributed by atoms with Gasteiger partial charge in [0.25, 0.3) is 0 Å². The first-order chi connectivity index (χ1) is 8.11. The Bertz CT molecular complexity index is 431. The minimum atomic E-state index is -0.912. The van der Waals surface area contributed by atoms with Crippen LogP contribution in [0.25, 0.3) is 0 Å². The third-order valence-corrected chi connectivity index (χ3v) is 3.25. The molecule has 0 spiro atoms. The first-order valence-electron chi connectivity index (χ1n) is 5.70. The molecule has 0 radical (unpaired) electrons. The molecule has 0 saturated carbocycles. The second-order valence-corrected chi connectivity index (χ2v) is 4.40. The Kier molecular flexibility index (Phi) is 3.33. The lowest BCUT2D eigenvalue weighted by Crippen LogP contribution is -2.24. The van der Waals surface area contributed by atoms with Crippen molar-refractivity contribution in [2.45, 2.75) is 18.9 Å². The highest BCUT2D eigenvalue weighted by Crippen LogP contribution is 2.27. The number of aliphatic carboxylic acids is 1. The molecule has 0 aliphatic carbocycles. The fraction of sp³-hybridized carbons (Fsp3) is 0.462. The minimum absolute atomic E-state index is 0.419. The number of nitrogens with zero attached hydrogens (tertiary/aromatic N) is 1. The van der Waals surface area contributed by atoms with Crippen LogP contribution in [0, 0.1) is 0 Å². The number of carboxylic acid groups (broad SMARTS) is 1. The van der Waals surface area contributed by atoms with Gasteiger partial charge in [-0.25, -0.2) is 4.79 Å². The first-order valence-corrected chi connectivity index (χ1v) is 5.70. The maximum atomic E-state index is 10.9. The zero-order valence-corrected chi connectivity index (χ0v) is 10.1. The molecule has 1 atom stereocenters. The average molecular weight is 235 g/mol. The molecule has 1 N–H and O–H groups in total. The molecule has 1 aliphatic heterocycles. The van der Waals surface area contributed by atoms with Crippen LogP contribution in [0.1, 0.15) is 11.1 Å². The number of methoxy groups -OCH3 is 1. The highest BCUT2D eigenvalue weighted by molar-refractivity contribution is 5.73. The molecule has 92 valence electrons. The molecular weight excluding hydrogens is 218 g/mol. The predicted octanol–water partition coefficient (Wildman–Crippen LogP) is 1.32. The number of carboxylic acids is 1. The third-order valence-electron chi connectivity index (χ3n) is 3.25. The number of likely N-dealkylation sites (N-methyl/N-ethyl adjacent to an activating group) is 1. The Labute approximate surface area is 101 Å². The summed E-state index contributed by atoms with van der Waals surface area (Å²) >= 11 is 0. The van der Waals surface area contributed by atoms with Gasteiger partial charge in [-0.1, -0.05) is 12.1 Å². The quantitative estimate of drug-likeness (QED) is 0.855. The van der Waals surface area contributed by atoms with Gasteiger partial charge in [0.1, 0.15) is 0 Å². The minimum Gasteiger partial charge on any atom is -0.479 e. The van der Waals surface area contributed by atoms with Crippen molar-refractivity contribution in [2.24, 2.45) is 0 Å². The zero-order chi connectivity index (χ0) is 12.4. The highest BCUT2D eigenvalue weighted by atomic mass is 16.5. The molecule has 4 nitrogen and oxygen atoms in total. The maximum Gasteiger partial charge on any atom is 0.333 e. The van der Waals surface area contributed by atoms with E-state index >= 15 is 0 Å². The second-order valence-electron chi connectivity index (χ2n) is 4.40. The molecular formula is C13H17NO3. The van der Waals surface area contributed by atoms with Gasteiger partial charge in [0.15, 0.2) is 6.10 Å². The second kappa shape index (κ2) is 4.75. The fourth-order valence-corrected chi connectivity index (χ4v) is 2.23. The van der Waals surface area contributed by atoms with Crippen molar-refractivity contribution in [3.8, 4) is 0 Å². The summed E-state index contributed by atoms with van der Waals surface area (Å²) in [7, 11) is 3.50. The molecule has 4 heteroatoms. The topological polar surface area (TPSA) is 49.8 Å². The van der Waals surface area contributed by atoms with Crippen molar-refractivity contribution in [3.63, 3.8) is 0 Å². The summed E-state index contributed by atoms with van der Waals surface area (Å²) < 4.78 is 4.95. The maximum absolute atomic E-state index is 10.9. The zero-order valence-electron chi connectivity index (χ0n) is 10.1. The number of fused-ring (bicyclic) bond motifs is 1. The van der Waals surface area contributed by atoms with Gasteiger partial charge in [0, 0.05) is 32.8 Å². The Hall–Kier alpha value is -1.55. The van der Waals surface area contributed by atoms with Gasteiger partial charge in [-0.15, -0.1) is 0 Å². The Morgan fingerprint density at radius 2 is 2.35 bits per heavy atom. The van der Waals surface area contributed by atoms with E-state index in [4.69, 9.17) is 9.84 Å². The summed E-state index contributed by atoms with van der Waals surface area (Å²) in [6, 6.07) is 6.13. The molecule has 0 fully saturated rings. The summed E-state index contributed by atoms with van der Waals surface area (Å²) in [6.07, 6.45) is 0.694. The summed E-state index contributed by atoms with van der Waals surface area (Å²) in [5, 5.41) is 8.94. The lowest BCUT2D eigenvalue weighted by Gasteiger charge is -2.14. The van der Waals surface area contributed by atoms with E-state index < -0.39 is 12.1 Å². The smallest absolute Gasteiger partial charge is 0.333 e. The molecule has 1 aromatic rings. The standard InChI is InChI=1S/C13H17NO3/c1-14-6-5-10-7-9(3-4-11(10)14)8-12(17-2)13(15)16/h3-4,7,12H,5-6,8H2,1-2H3,(H,15,16). The van der Waals surface area contributed by atoms with Crippen molar-refractivity contribution < 1.29 is 14.6 Å². The lowest BCUT2D eigenvalue weighted by atomic mass is 10.0. The number of hydrogen-bond acceptors (Lipinski definition) is 3. The van der Waals surface area contributed by atoms with Gasteiger partial charge in [0.2, 0.25) is 0 Å². The summed E-state index contributed by atoms with van der Waals surface area (Å²) in [4.78, 5) is 13.1. The Balaban J connectivity index is 2.16. The van der Waals surface area contributed by atoms with E-state index in [1.807, 2.05) is 6.07 Å². The van der Waals surface area contributed by atoms with Crippen molar-refractivity contribution in [3.05, 3.63) is 29.3 Å². The third kappa shape index (κ3) is 2.42. The summed E-state index contributed by atoms with van der Waals surface area (Å²) in [5.41, 5.74) is 3.57. The van der Waals surface area contributed by atoms with Crippen molar-refractivity contribution in [2.75, 3.05) is 25.6 Å². The first kappa shape index (κ1) is 11.9. The van der Waals surface area contributed by atoms with E-state index in [-0.39, 0.29) is 0 Å². The molecule has 17 heavy (non-hydrogen) atoms. The van der Waals surface area contributed by atoms with E-state index in [1.165, 1.54) is 18.4 Å². The van der Waals surface area contributed by atoms with Crippen LogP contribution in [0.4, 0.5) is 5.69 Å². The number of ether oxygens (including phenoxy) is 1. The SMILES string of the molecule is COC(Cc1ccc2c(c1)CCN2C)C(=O)O. The normalized spacial score (nSPS) is 15.8. The van der Waals surface area contributed by atoms with Gasteiger partial charge >= 0.3 is 5.97 Å². The number of anilines is 1. The van der Waals surface area contributed by atoms with Crippen LogP contribution >= 0.6 is 0 Å². The van der Waals surface area contributed by atoms with E-state index in [9.17, 15) is 4.79 Å². The molecule has 1 aliphatic rings. The number of rotatable bonds is 4. The fourth-order valence-electron chi connectivity index (χ4n) is 2.23. The number of carbonyl (C=O) groups is 1. The molecule has 1 heterocycles. The monoisotopic (exact) mass is 235 g/mol. The van der Waals surface area contributed by atoms with E-state index in [2.05, 4.69) is 24.1 Å². The van der Waals surface area contributed by atoms with Crippen molar-refractivity contribution in [1.82, 2.24) is 0 Å². The van der Waals surface area contributed by atoms with E-state index in [0.29, 0.717) is 6.42 Å². The molecule has 1 unspecified atom stereocenters. The molecule has 0 aromatic heterocycles. The molecule has 2 rings (SSSR count). The van der Waals surface area contributed by atoms with Crippen molar-refractivity contribution >= 4 is 11.7 Å². The molecule has 1 aromatic carbocycles. The van der Waals surface area contributed by atoms with Crippen LogP contribution < -0.4 is 4.90 Å². The van der Waals surface area contributed by atoms with Crippen LogP contribution in [0.3, 0.4) is 0 Å². The van der Waals surface area contributed by atoms with Gasteiger partial charge in [0.05, 0.1) is 0 Å². The average Bonchev–Trinajstić information content (AvgIpc) is 2.67. The lowest BCUT2D eigenvalue weighted by molar-refractivity contribution is -0.148. The van der Waals surface area contributed by atoms with E-state index in [0.717, 1.165) is 18.5 Å². The largest absolute Gasteiger partial charge is 0.479 e. The number of hydrogen-bond donors (Lipinski definition) is 1. The van der Waals surface area contributed by atoms with Gasteiger partial charge < -0.3 is 14.7 Å². The molecule has 0 amide bonds. The summed E-state index contributed by atoms with van der Waals surface area (Å²) in [5.74, 6) is -0.912. The Morgan fingerprint density at radius 3 is 3.00 bits per heavy atom. The highest BCUT2D eigenvalue weighted by Gasteiger charge is 2.19. The van der Waals surface area contributed by atoms with Crippen molar-refractivity contribution in [1.29, 1.82) is 0 Å². The van der Waals surface area contributed by atoms with Crippen LogP contribution in [0.2, 0.25) is 0 Å². The van der Waals surface area contributed by atoms with Crippen LogP contribution in [-0.2, 0) is 22.4 Å². The molecule has 0 saturated heterocycles. The van der Waals surface area contributed by atoms with Crippen LogP contribution in [0.5, 0.6) is 0 Å². The number of benzene rings is 1. The Morgan fingerprint density at radius 1 is 1.59 bits per heavy atom. The van der Waals surface area contributed by atoms with Crippen LogP contribution in [0.15, 0.2) is 18.2 Å². The van der Waals surface area contributed by atoms with Gasteiger partial charge in [-0.2, -0.15) is 0 Å². The molecule has 0 bridgehead atoms. The predicted molar refractivity (Wildman–Crippen MR) is 65.6 cm³/mol.